The van der Waals surface area contributed by atoms with Gasteiger partial charge in [-0.15, -0.1) is 5.10 Å². The van der Waals surface area contributed by atoms with Crippen molar-refractivity contribution in [3.8, 4) is 0 Å². The third kappa shape index (κ3) is 2.89. The molecule has 0 saturated heterocycles. The van der Waals surface area contributed by atoms with Gasteiger partial charge in [-0.25, -0.2) is 0 Å². The van der Waals surface area contributed by atoms with Crippen molar-refractivity contribution >= 4 is 23.1 Å². The molecule has 0 spiro atoms. The van der Waals surface area contributed by atoms with Crippen LogP contribution in [0.5, 0.6) is 0 Å². The molecule has 0 atom stereocenters. The molecule has 0 aromatic carbocycles. The summed E-state index contributed by atoms with van der Waals surface area (Å²) in [6, 6.07) is 0. The molecule has 0 bridgehead atoms. The molecular formula is C7H9ClN2OS. The molecule has 0 aliphatic heterocycles. The number of ether oxygens (including phenoxy) is 1. The van der Waals surface area contributed by atoms with Crippen molar-refractivity contribution in [1.82, 2.24) is 9.59 Å². The monoisotopic (exact) mass is 204 g/mol. The Morgan fingerprint density at radius 1 is 1.67 bits per heavy atom. The summed E-state index contributed by atoms with van der Waals surface area (Å²) >= 11 is 6.92. The first-order chi connectivity index (χ1) is 5.84. The van der Waals surface area contributed by atoms with Crippen molar-refractivity contribution in [2.75, 3.05) is 6.61 Å². The summed E-state index contributed by atoms with van der Waals surface area (Å²) in [6.45, 7) is 2.96. The van der Waals surface area contributed by atoms with Crippen LogP contribution in [0.1, 0.15) is 12.6 Å². The van der Waals surface area contributed by atoms with Gasteiger partial charge >= 0.3 is 0 Å². The molecule has 1 aromatic heterocycles. The summed E-state index contributed by atoms with van der Waals surface area (Å²) in [5, 5.41) is 3.80. The van der Waals surface area contributed by atoms with Gasteiger partial charge in [0.2, 0.25) is 0 Å². The second kappa shape index (κ2) is 5.24. The topological polar surface area (TPSA) is 35.0 Å². The number of hydrogen-bond donors (Lipinski definition) is 0. The Kier molecular flexibility index (Phi) is 4.21. The van der Waals surface area contributed by atoms with E-state index >= 15 is 0 Å². The molecule has 0 N–H and O–H groups in total. The lowest BCUT2D eigenvalue weighted by atomic mass is 10.5. The van der Waals surface area contributed by atoms with Crippen LogP contribution in [0, 0.1) is 0 Å². The van der Waals surface area contributed by atoms with Crippen molar-refractivity contribution in [2.24, 2.45) is 0 Å². The van der Waals surface area contributed by atoms with Gasteiger partial charge in [0.1, 0.15) is 10.0 Å². The van der Waals surface area contributed by atoms with Gasteiger partial charge in [-0.05, 0) is 6.92 Å². The number of hydrogen-bond acceptors (Lipinski definition) is 4. The van der Waals surface area contributed by atoms with Crippen molar-refractivity contribution in [3.05, 3.63) is 22.2 Å². The molecule has 1 aromatic rings. The molecular weight excluding hydrogens is 196 g/mol. The average molecular weight is 205 g/mol. The van der Waals surface area contributed by atoms with Gasteiger partial charge in [-0.2, -0.15) is 0 Å². The molecule has 0 aliphatic carbocycles. The molecule has 0 fully saturated rings. The van der Waals surface area contributed by atoms with E-state index in [-0.39, 0.29) is 0 Å². The molecule has 0 amide bonds. The first-order valence-corrected chi connectivity index (χ1v) is 4.65. The zero-order chi connectivity index (χ0) is 8.81. The lowest BCUT2D eigenvalue weighted by Gasteiger charge is -1.95. The predicted octanol–water partition coefficient (Wildman–Crippen LogP) is 2.28. The fourth-order valence-electron chi connectivity index (χ4n) is 0.603. The van der Waals surface area contributed by atoms with Crippen LogP contribution in [-0.2, 0) is 11.3 Å². The van der Waals surface area contributed by atoms with Gasteiger partial charge in [0.15, 0.2) is 0 Å². The van der Waals surface area contributed by atoms with E-state index in [1.54, 1.807) is 0 Å². The van der Waals surface area contributed by atoms with E-state index in [4.69, 9.17) is 16.3 Å². The lowest BCUT2D eigenvalue weighted by Crippen LogP contribution is -1.93. The first kappa shape index (κ1) is 9.64. The van der Waals surface area contributed by atoms with E-state index in [1.165, 1.54) is 11.5 Å². The Hall–Kier alpha value is -0.450. The highest BCUT2D eigenvalue weighted by molar-refractivity contribution is 7.10. The van der Waals surface area contributed by atoms with Gasteiger partial charge in [0.25, 0.3) is 0 Å². The summed E-state index contributed by atoms with van der Waals surface area (Å²) in [7, 11) is 0. The zero-order valence-electron chi connectivity index (χ0n) is 6.66. The minimum absolute atomic E-state index is 0.430. The summed E-state index contributed by atoms with van der Waals surface area (Å²) in [5.41, 5.74) is 0.714. The Bertz CT molecular complexity index is 262. The van der Waals surface area contributed by atoms with Gasteiger partial charge in [-0.3, -0.25) is 0 Å². The standard InChI is InChI=1S/C7H9ClN2OS/c1-2-3-4-11-5-6-7(8)12-10-9-6/h2-3H,4-5H2,1H3. The first-order valence-electron chi connectivity index (χ1n) is 3.50. The normalized spacial score (nSPS) is 11.2. The summed E-state index contributed by atoms with van der Waals surface area (Å²) in [4.78, 5) is 0. The fourth-order valence-corrected chi connectivity index (χ4v) is 1.20. The molecule has 0 aliphatic rings. The highest BCUT2D eigenvalue weighted by Crippen LogP contribution is 2.17. The summed E-state index contributed by atoms with van der Waals surface area (Å²) in [6.07, 6.45) is 3.86. The fraction of sp³-hybridized carbons (Fsp3) is 0.429. The predicted molar refractivity (Wildman–Crippen MR) is 49.4 cm³/mol. The Labute approximate surface area is 80.2 Å². The Morgan fingerprint density at radius 3 is 3.08 bits per heavy atom. The number of allylic oxidation sites excluding steroid dienone is 1. The maximum absolute atomic E-state index is 5.75. The van der Waals surface area contributed by atoms with E-state index in [0.717, 1.165) is 0 Å². The van der Waals surface area contributed by atoms with Crippen molar-refractivity contribution in [2.45, 2.75) is 13.5 Å². The average Bonchev–Trinajstić information content (AvgIpc) is 2.46. The van der Waals surface area contributed by atoms with Crippen LogP contribution < -0.4 is 0 Å². The molecule has 0 saturated carbocycles. The summed E-state index contributed by atoms with van der Waals surface area (Å²) < 4.78 is 9.52. The highest BCUT2D eigenvalue weighted by Gasteiger charge is 2.03. The van der Waals surface area contributed by atoms with E-state index < -0.39 is 0 Å². The second-order valence-corrected chi connectivity index (χ2v) is 3.43. The molecule has 0 unspecified atom stereocenters. The number of nitrogens with zero attached hydrogens (tertiary/aromatic N) is 2. The van der Waals surface area contributed by atoms with Gasteiger partial charge in [-0.1, -0.05) is 28.2 Å². The number of rotatable bonds is 4. The van der Waals surface area contributed by atoms with Gasteiger partial charge < -0.3 is 4.74 Å². The second-order valence-electron chi connectivity index (χ2n) is 2.08. The quantitative estimate of drug-likeness (QED) is 0.558. The van der Waals surface area contributed by atoms with Gasteiger partial charge in [0, 0.05) is 11.5 Å². The van der Waals surface area contributed by atoms with E-state index in [1.807, 2.05) is 19.1 Å². The van der Waals surface area contributed by atoms with Crippen LogP contribution in [0.15, 0.2) is 12.2 Å². The maximum atomic E-state index is 5.75. The minimum atomic E-state index is 0.430. The van der Waals surface area contributed by atoms with Crippen LogP contribution in [0.2, 0.25) is 4.34 Å². The smallest absolute Gasteiger partial charge is 0.139 e. The van der Waals surface area contributed by atoms with Crippen molar-refractivity contribution < 1.29 is 4.74 Å². The molecule has 5 heteroatoms. The number of halogens is 1. The zero-order valence-corrected chi connectivity index (χ0v) is 8.23. The van der Waals surface area contributed by atoms with Gasteiger partial charge in [0.05, 0.1) is 13.2 Å². The SMILES string of the molecule is CC=CCOCc1nnsc1Cl. The third-order valence-corrected chi connectivity index (χ3v) is 2.18. The third-order valence-electron chi connectivity index (χ3n) is 1.20. The molecule has 3 nitrogen and oxygen atoms in total. The Morgan fingerprint density at radius 2 is 2.50 bits per heavy atom. The van der Waals surface area contributed by atoms with Crippen molar-refractivity contribution in [1.29, 1.82) is 0 Å². The Balaban J connectivity index is 2.28. The van der Waals surface area contributed by atoms with Crippen LogP contribution in [0.3, 0.4) is 0 Å². The molecule has 0 radical (unpaired) electrons. The van der Waals surface area contributed by atoms with E-state index in [2.05, 4.69) is 9.59 Å². The number of aromatic nitrogens is 2. The van der Waals surface area contributed by atoms with Crippen LogP contribution >= 0.6 is 23.1 Å². The van der Waals surface area contributed by atoms with E-state index in [9.17, 15) is 0 Å². The van der Waals surface area contributed by atoms with E-state index in [0.29, 0.717) is 23.2 Å². The minimum Gasteiger partial charge on any atom is -0.371 e. The van der Waals surface area contributed by atoms with Crippen LogP contribution in [-0.4, -0.2) is 16.2 Å². The molecule has 12 heavy (non-hydrogen) atoms. The van der Waals surface area contributed by atoms with Crippen LogP contribution in [0.4, 0.5) is 0 Å². The van der Waals surface area contributed by atoms with Crippen molar-refractivity contribution in [3.63, 3.8) is 0 Å². The molecule has 1 rings (SSSR count). The largest absolute Gasteiger partial charge is 0.371 e. The highest BCUT2D eigenvalue weighted by atomic mass is 35.5. The molecule has 1 heterocycles. The molecule has 66 valence electrons. The lowest BCUT2D eigenvalue weighted by molar-refractivity contribution is 0.145. The summed E-state index contributed by atoms with van der Waals surface area (Å²) in [5.74, 6) is 0. The van der Waals surface area contributed by atoms with Crippen LogP contribution in [0.25, 0.3) is 0 Å². The maximum Gasteiger partial charge on any atom is 0.139 e.